The van der Waals surface area contributed by atoms with Crippen molar-refractivity contribution in [2.45, 2.75) is 63.2 Å². The second kappa shape index (κ2) is 7.67. The van der Waals surface area contributed by atoms with Crippen molar-refractivity contribution in [3.05, 3.63) is 12.7 Å². The van der Waals surface area contributed by atoms with Crippen LogP contribution in [0.5, 0.6) is 0 Å². The van der Waals surface area contributed by atoms with E-state index in [0.717, 1.165) is 18.6 Å². The number of nitrogens with zero attached hydrogens (tertiary/aromatic N) is 4. The van der Waals surface area contributed by atoms with Gasteiger partial charge in [-0.3, -0.25) is 4.57 Å². The van der Waals surface area contributed by atoms with Crippen LogP contribution in [0.25, 0.3) is 11.2 Å². The highest BCUT2D eigenvalue weighted by Crippen LogP contribution is 2.34. The molecule has 2 aromatic rings. The first kappa shape index (κ1) is 18.0. The molecular formula is C17H25N5O3S. The summed E-state index contributed by atoms with van der Waals surface area (Å²) < 4.78 is 7.63. The number of imidazole rings is 1. The van der Waals surface area contributed by atoms with Crippen LogP contribution in [0.2, 0.25) is 0 Å². The van der Waals surface area contributed by atoms with Crippen molar-refractivity contribution < 1.29 is 14.9 Å². The van der Waals surface area contributed by atoms with Crippen LogP contribution in [-0.2, 0) is 4.74 Å². The third-order valence-corrected chi connectivity index (χ3v) is 6.12. The van der Waals surface area contributed by atoms with Gasteiger partial charge in [0.2, 0.25) is 0 Å². The lowest BCUT2D eigenvalue weighted by Gasteiger charge is -2.17. The number of rotatable bonds is 6. The Morgan fingerprint density at radius 3 is 2.81 bits per heavy atom. The number of aliphatic hydroxyl groups excluding tert-OH is 2. The lowest BCUT2D eigenvalue weighted by atomic mass is 10.1. The Labute approximate surface area is 156 Å². The number of nitrogens with one attached hydrogen (secondary N) is 1. The number of fused-ring (bicyclic) bond motifs is 1. The van der Waals surface area contributed by atoms with Gasteiger partial charge >= 0.3 is 0 Å². The molecule has 26 heavy (non-hydrogen) atoms. The van der Waals surface area contributed by atoms with E-state index in [2.05, 4.69) is 27.2 Å². The van der Waals surface area contributed by atoms with Crippen molar-refractivity contribution in [1.82, 2.24) is 19.5 Å². The van der Waals surface area contributed by atoms with Crippen molar-refractivity contribution in [2.75, 3.05) is 16.8 Å². The van der Waals surface area contributed by atoms with E-state index >= 15 is 0 Å². The second-order valence-corrected chi connectivity index (χ2v) is 8.20. The van der Waals surface area contributed by atoms with Crippen molar-refractivity contribution in [3.8, 4) is 0 Å². The minimum atomic E-state index is -1.02. The van der Waals surface area contributed by atoms with Gasteiger partial charge in [-0.1, -0.05) is 19.8 Å². The van der Waals surface area contributed by atoms with Gasteiger partial charge in [0.1, 0.15) is 18.5 Å². The Morgan fingerprint density at radius 1 is 1.23 bits per heavy atom. The molecule has 1 aliphatic carbocycles. The summed E-state index contributed by atoms with van der Waals surface area (Å²) in [6.45, 7) is 2.05. The molecule has 0 radical (unpaired) electrons. The van der Waals surface area contributed by atoms with Gasteiger partial charge in [0.05, 0.1) is 12.4 Å². The van der Waals surface area contributed by atoms with E-state index in [9.17, 15) is 10.2 Å². The van der Waals surface area contributed by atoms with Crippen LogP contribution in [0.15, 0.2) is 12.7 Å². The van der Waals surface area contributed by atoms with E-state index in [-0.39, 0.29) is 0 Å². The van der Waals surface area contributed by atoms with Crippen molar-refractivity contribution >= 4 is 28.7 Å². The van der Waals surface area contributed by atoms with Gasteiger partial charge in [0.25, 0.3) is 0 Å². The van der Waals surface area contributed by atoms with E-state index in [4.69, 9.17) is 4.74 Å². The standard InChI is InChI=1S/C17H25N5O3S/c1-2-26-7-11-13(23)14(24)17(25-11)22-9-20-12-15(18-8-19-16(12)22)21-10-5-3-4-6-10/h8-11,13-14,17,23-24H,2-7H2,1H3,(H,18,19,21). The summed E-state index contributed by atoms with van der Waals surface area (Å²) >= 11 is 1.68. The molecule has 0 bridgehead atoms. The minimum Gasteiger partial charge on any atom is -0.387 e. The van der Waals surface area contributed by atoms with Crippen LogP contribution in [0, 0.1) is 0 Å². The molecule has 1 saturated heterocycles. The minimum absolute atomic E-state index is 0.407. The Kier molecular flexibility index (Phi) is 5.30. The summed E-state index contributed by atoms with van der Waals surface area (Å²) in [5.41, 5.74) is 1.26. The molecule has 2 aliphatic rings. The number of ether oxygens (including phenoxy) is 1. The highest BCUT2D eigenvalue weighted by molar-refractivity contribution is 7.99. The van der Waals surface area contributed by atoms with Gasteiger partial charge in [0, 0.05) is 11.8 Å². The summed E-state index contributed by atoms with van der Waals surface area (Å²) in [6, 6.07) is 0.420. The van der Waals surface area contributed by atoms with E-state index < -0.39 is 24.5 Å². The fourth-order valence-corrected chi connectivity index (χ4v) is 4.48. The van der Waals surface area contributed by atoms with Crippen molar-refractivity contribution in [3.63, 3.8) is 0 Å². The Hall–Kier alpha value is -1.42. The van der Waals surface area contributed by atoms with E-state index in [0.29, 0.717) is 28.8 Å². The van der Waals surface area contributed by atoms with E-state index in [1.165, 1.54) is 19.2 Å². The predicted molar refractivity (Wildman–Crippen MR) is 100 cm³/mol. The Morgan fingerprint density at radius 2 is 2.04 bits per heavy atom. The van der Waals surface area contributed by atoms with Crippen LogP contribution >= 0.6 is 11.8 Å². The first-order valence-corrected chi connectivity index (χ1v) is 10.4. The zero-order valence-electron chi connectivity index (χ0n) is 14.8. The maximum absolute atomic E-state index is 10.5. The summed E-state index contributed by atoms with van der Waals surface area (Å²) in [6.07, 6.45) is 4.80. The highest BCUT2D eigenvalue weighted by Gasteiger charge is 2.44. The largest absolute Gasteiger partial charge is 0.387 e. The number of hydrogen-bond donors (Lipinski definition) is 3. The molecule has 1 aliphatic heterocycles. The molecular weight excluding hydrogens is 354 g/mol. The van der Waals surface area contributed by atoms with Crippen LogP contribution in [-0.4, -0.2) is 65.6 Å². The molecule has 4 rings (SSSR count). The molecule has 142 valence electrons. The normalized spacial score (nSPS) is 29.7. The van der Waals surface area contributed by atoms with E-state index in [1.54, 1.807) is 22.7 Å². The second-order valence-electron chi connectivity index (χ2n) is 6.88. The van der Waals surface area contributed by atoms with Gasteiger partial charge in [0.15, 0.2) is 23.2 Å². The van der Waals surface area contributed by atoms with E-state index in [1.807, 2.05) is 0 Å². The SMILES string of the molecule is CCSCC1OC(n2cnc3c(NC4CCCC4)ncnc32)C(O)C1O. The molecule has 3 heterocycles. The molecule has 0 amide bonds. The quantitative estimate of drug-likeness (QED) is 0.694. The Balaban J connectivity index is 1.59. The molecule has 0 aromatic carbocycles. The summed E-state index contributed by atoms with van der Waals surface area (Å²) in [7, 11) is 0. The first-order valence-electron chi connectivity index (χ1n) is 9.22. The average molecular weight is 379 g/mol. The van der Waals surface area contributed by atoms with Gasteiger partial charge in [-0.05, 0) is 18.6 Å². The van der Waals surface area contributed by atoms with Gasteiger partial charge in [-0.2, -0.15) is 11.8 Å². The summed E-state index contributed by atoms with van der Waals surface area (Å²) in [5.74, 6) is 2.29. The van der Waals surface area contributed by atoms with Gasteiger partial charge in [-0.25, -0.2) is 15.0 Å². The lowest BCUT2D eigenvalue weighted by Crippen LogP contribution is -2.32. The molecule has 3 N–H and O–H groups in total. The molecule has 2 aromatic heterocycles. The fourth-order valence-electron chi connectivity index (χ4n) is 3.74. The first-order chi connectivity index (χ1) is 12.7. The fraction of sp³-hybridized carbons (Fsp3) is 0.706. The smallest absolute Gasteiger partial charge is 0.167 e. The third kappa shape index (κ3) is 3.28. The summed E-state index contributed by atoms with van der Waals surface area (Å²) in [4.78, 5) is 13.1. The number of hydrogen-bond acceptors (Lipinski definition) is 8. The third-order valence-electron chi connectivity index (χ3n) is 5.15. The van der Waals surface area contributed by atoms with Crippen molar-refractivity contribution in [2.24, 2.45) is 0 Å². The maximum Gasteiger partial charge on any atom is 0.167 e. The highest BCUT2D eigenvalue weighted by atomic mass is 32.2. The molecule has 9 heteroatoms. The summed E-state index contributed by atoms with van der Waals surface area (Å²) in [5, 5.41) is 24.2. The molecule has 4 atom stereocenters. The molecule has 8 nitrogen and oxygen atoms in total. The zero-order chi connectivity index (χ0) is 18.1. The predicted octanol–water partition coefficient (Wildman–Crippen LogP) is 1.55. The number of aromatic nitrogens is 4. The van der Waals surface area contributed by atoms with Crippen molar-refractivity contribution in [1.29, 1.82) is 0 Å². The molecule has 0 spiro atoms. The zero-order valence-corrected chi connectivity index (χ0v) is 15.6. The molecule has 2 fully saturated rings. The van der Waals surface area contributed by atoms with Crippen LogP contribution in [0.1, 0.15) is 38.8 Å². The van der Waals surface area contributed by atoms with Crippen LogP contribution < -0.4 is 5.32 Å². The molecule has 4 unspecified atom stereocenters. The lowest BCUT2D eigenvalue weighted by molar-refractivity contribution is -0.0288. The maximum atomic E-state index is 10.5. The van der Waals surface area contributed by atoms with Crippen LogP contribution in [0.3, 0.4) is 0 Å². The van der Waals surface area contributed by atoms with Crippen LogP contribution in [0.4, 0.5) is 5.82 Å². The monoisotopic (exact) mass is 379 g/mol. The number of aliphatic hydroxyl groups is 2. The molecule has 1 saturated carbocycles. The topological polar surface area (TPSA) is 105 Å². The number of anilines is 1. The average Bonchev–Trinajstić information content (AvgIpc) is 3.36. The Bertz CT molecular complexity index is 751. The van der Waals surface area contributed by atoms with Gasteiger partial charge in [-0.15, -0.1) is 0 Å². The number of thioether (sulfide) groups is 1. The van der Waals surface area contributed by atoms with Gasteiger partial charge < -0.3 is 20.3 Å².